The van der Waals surface area contributed by atoms with Gasteiger partial charge in [-0.15, -0.1) is 0 Å². The first-order valence-corrected chi connectivity index (χ1v) is 5.04. The maximum atomic E-state index is 10.7. The summed E-state index contributed by atoms with van der Waals surface area (Å²) in [4.78, 5) is 32.2. The van der Waals surface area contributed by atoms with Gasteiger partial charge in [0.1, 0.15) is 0 Å². The fourth-order valence-corrected chi connectivity index (χ4v) is 2.80. The monoisotopic (exact) mass is 222 g/mol. The summed E-state index contributed by atoms with van der Waals surface area (Å²) in [5.74, 6) is -1.17. The topological polar surface area (TPSA) is 71.4 Å². The van der Waals surface area contributed by atoms with Gasteiger partial charge < -0.3 is 5.11 Å². The largest absolute Gasteiger partial charge is 0.480 e. The molecule has 0 aliphatic heterocycles. The van der Waals surface area contributed by atoms with E-state index in [1.807, 2.05) is 0 Å². The van der Waals surface area contributed by atoms with Gasteiger partial charge in [-0.25, -0.2) is 4.79 Å². The lowest BCUT2D eigenvalue weighted by atomic mass is 10.5. The number of carbonyl (C=O) groups excluding carboxylic acids is 2. The maximum Gasteiger partial charge on any atom is 0.330 e. The van der Waals surface area contributed by atoms with Crippen LogP contribution in [0.25, 0.3) is 0 Å². The van der Waals surface area contributed by atoms with Crippen molar-refractivity contribution in [3.63, 3.8) is 0 Å². The Morgan fingerprint density at radius 2 is 1.38 bits per heavy atom. The number of hydrogen-bond donors (Lipinski definition) is 1. The molecule has 0 atom stereocenters. The summed E-state index contributed by atoms with van der Waals surface area (Å²) in [5, 5.41) is 8.14. The Balaban J connectivity index is 4.62. The molecule has 0 radical (unpaired) electrons. The van der Waals surface area contributed by atoms with Gasteiger partial charge in [0, 0.05) is 13.8 Å². The minimum Gasteiger partial charge on any atom is -0.480 e. The molecule has 0 rings (SSSR count). The summed E-state index contributed by atoms with van der Waals surface area (Å²) in [7, 11) is 0. The van der Waals surface area contributed by atoms with Crippen molar-refractivity contribution in [3.8, 4) is 0 Å². The number of hydrogen-bond acceptors (Lipinski definition) is 5. The van der Waals surface area contributed by atoms with E-state index in [4.69, 9.17) is 5.11 Å². The Hall–Kier alpha value is -0.490. The zero-order valence-electron chi connectivity index (χ0n) is 7.49. The van der Waals surface area contributed by atoms with Gasteiger partial charge in [0.15, 0.2) is 14.3 Å². The Labute approximate surface area is 84.5 Å². The van der Waals surface area contributed by atoms with Crippen LogP contribution < -0.4 is 0 Å². The van der Waals surface area contributed by atoms with E-state index in [1.165, 1.54) is 20.8 Å². The third-order valence-corrected chi connectivity index (χ3v) is 3.27. The second kappa shape index (κ2) is 4.66. The van der Waals surface area contributed by atoms with Gasteiger partial charge in [-0.1, -0.05) is 23.5 Å². The molecule has 0 fully saturated rings. The zero-order valence-corrected chi connectivity index (χ0v) is 9.12. The van der Waals surface area contributed by atoms with E-state index >= 15 is 0 Å². The van der Waals surface area contributed by atoms with Crippen molar-refractivity contribution in [1.29, 1.82) is 0 Å². The Morgan fingerprint density at radius 3 is 1.54 bits per heavy atom. The molecule has 0 aromatic carbocycles. The molecule has 74 valence electrons. The van der Waals surface area contributed by atoms with Crippen LogP contribution in [-0.4, -0.2) is 25.4 Å². The summed E-state index contributed by atoms with van der Waals surface area (Å²) >= 11 is 1.28. The lowest BCUT2D eigenvalue weighted by Gasteiger charge is -2.19. The molecule has 0 aliphatic carbocycles. The summed E-state index contributed by atoms with van der Waals surface area (Å²) in [5.41, 5.74) is 0. The molecular formula is C7H10O4S2. The highest BCUT2D eigenvalue weighted by Gasteiger charge is 2.38. The highest BCUT2D eigenvalue weighted by molar-refractivity contribution is 8.31. The molecule has 0 saturated carbocycles. The fourth-order valence-electron chi connectivity index (χ4n) is 0.657. The standard InChI is InChI=1S/C7H10O4S2/c1-4(8)12-7(3,6(10)11)13-5(2)9/h1-3H3,(H,10,11). The molecule has 0 amide bonds. The minimum absolute atomic E-state index is 0.321. The predicted molar refractivity (Wildman–Crippen MR) is 52.6 cm³/mol. The van der Waals surface area contributed by atoms with Crippen molar-refractivity contribution in [2.75, 3.05) is 0 Å². The average Bonchev–Trinajstić information content (AvgIpc) is 1.82. The van der Waals surface area contributed by atoms with Crippen LogP contribution in [-0.2, 0) is 14.4 Å². The SMILES string of the molecule is CC(=O)SC(C)(SC(C)=O)C(=O)O. The van der Waals surface area contributed by atoms with Crippen LogP contribution in [0.1, 0.15) is 20.8 Å². The van der Waals surface area contributed by atoms with Gasteiger partial charge in [0.2, 0.25) is 0 Å². The predicted octanol–water partition coefficient (Wildman–Crippen LogP) is 1.35. The van der Waals surface area contributed by atoms with Crippen molar-refractivity contribution >= 4 is 39.7 Å². The van der Waals surface area contributed by atoms with Crippen molar-refractivity contribution in [2.45, 2.75) is 24.9 Å². The van der Waals surface area contributed by atoms with Gasteiger partial charge in [-0.3, -0.25) is 9.59 Å². The highest BCUT2D eigenvalue weighted by atomic mass is 32.2. The maximum absolute atomic E-state index is 10.7. The van der Waals surface area contributed by atoms with E-state index in [9.17, 15) is 14.4 Å². The summed E-state index contributed by atoms with van der Waals surface area (Å²) in [6, 6.07) is 0. The lowest BCUT2D eigenvalue weighted by Crippen LogP contribution is -2.29. The second-order valence-electron chi connectivity index (χ2n) is 2.44. The molecule has 0 saturated heterocycles. The van der Waals surface area contributed by atoms with Crippen LogP contribution >= 0.6 is 23.5 Å². The van der Waals surface area contributed by atoms with Crippen LogP contribution in [0.15, 0.2) is 0 Å². The number of aliphatic carboxylic acids is 1. The van der Waals surface area contributed by atoms with Gasteiger partial charge >= 0.3 is 5.97 Å². The first-order valence-electron chi connectivity index (χ1n) is 3.40. The number of rotatable bonds is 3. The average molecular weight is 222 g/mol. The van der Waals surface area contributed by atoms with Crippen LogP contribution in [0, 0.1) is 0 Å². The van der Waals surface area contributed by atoms with E-state index in [1.54, 1.807) is 0 Å². The van der Waals surface area contributed by atoms with Crippen molar-refractivity contribution in [2.24, 2.45) is 0 Å². The van der Waals surface area contributed by atoms with Gasteiger partial charge in [0.25, 0.3) is 0 Å². The van der Waals surface area contributed by atoms with Gasteiger partial charge in [-0.2, -0.15) is 0 Å². The number of carboxylic acids is 1. The van der Waals surface area contributed by atoms with E-state index in [0.29, 0.717) is 23.5 Å². The lowest BCUT2D eigenvalue weighted by molar-refractivity contribution is -0.137. The van der Waals surface area contributed by atoms with E-state index in [0.717, 1.165) is 0 Å². The van der Waals surface area contributed by atoms with Crippen molar-refractivity contribution in [1.82, 2.24) is 0 Å². The number of carboxylic acid groups (broad SMARTS) is 1. The molecule has 0 aromatic heterocycles. The second-order valence-corrected chi connectivity index (χ2v) is 5.89. The van der Waals surface area contributed by atoms with E-state index < -0.39 is 10.0 Å². The van der Waals surface area contributed by atoms with Crippen LogP contribution in [0.5, 0.6) is 0 Å². The van der Waals surface area contributed by atoms with Crippen molar-refractivity contribution < 1.29 is 19.5 Å². The third-order valence-electron chi connectivity index (χ3n) is 1.07. The fraction of sp³-hybridized carbons (Fsp3) is 0.571. The highest BCUT2D eigenvalue weighted by Crippen LogP contribution is 2.37. The van der Waals surface area contributed by atoms with Crippen LogP contribution in [0.2, 0.25) is 0 Å². The van der Waals surface area contributed by atoms with Gasteiger partial charge in [-0.05, 0) is 6.92 Å². The third kappa shape index (κ3) is 4.33. The summed E-state index contributed by atoms with van der Waals surface area (Å²) in [6.07, 6.45) is 0. The molecular weight excluding hydrogens is 212 g/mol. The van der Waals surface area contributed by atoms with E-state index in [2.05, 4.69) is 0 Å². The molecule has 13 heavy (non-hydrogen) atoms. The first kappa shape index (κ1) is 12.5. The van der Waals surface area contributed by atoms with Crippen LogP contribution in [0.4, 0.5) is 0 Å². The minimum atomic E-state index is -1.41. The molecule has 0 heterocycles. The molecule has 6 heteroatoms. The van der Waals surface area contributed by atoms with Crippen LogP contribution in [0.3, 0.4) is 0 Å². The van der Waals surface area contributed by atoms with Crippen molar-refractivity contribution in [3.05, 3.63) is 0 Å². The first-order chi connectivity index (χ1) is 5.78. The molecule has 0 bridgehead atoms. The molecule has 0 aliphatic rings. The quantitative estimate of drug-likeness (QED) is 0.727. The number of thioether (sulfide) groups is 2. The van der Waals surface area contributed by atoms with E-state index in [-0.39, 0.29) is 10.2 Å². The molecule has 4 nitrogen and oxygen atoms in total. The molecule has 1 N–H and O–H groups in total. The molecule has 0 spiro atoms. The summed E-state index contributed by atoms with van der Waals surface area (Å²) < 4.78 is -1.41. The molecule has 0 aromatic rings. The Morgan fingerprint density at radius 1 is 1.08 bits per heavy atom. The zero-order chi connectivity index (χ0) is 10.6. The smallest absolute Gasteiger partial charge is 0.330 e. The number of carbonyl (C=O) groups is 3. The normalized spacial score (nSPS) is 11.0. The Kier molecular flexibility index (Phi) is 4.49. The van der Waals surface area contributed by atoms with Gasteiger partial charge in [0.05, 0.1) is 0 Å². The molecule has 0 unspecified atom stereocenters. The summed E-state index contributed by atoms with van der Waals surface area (Å²) in [6.45, 7) is 3.88. The Bertz CT molecular complexity index is 233.